The Morgan fingerprint density at radius 3 is 2.89 bits per heavy atom. The van der Waals surface area contributed by atoms with Crippen LogP contribution in [0.5, 0.6) is 0 Å². The maximum Gasteiger partial charge on any atom is 0.320 e. The summed E-state index contributed by atoms with van der Waals surface area (Å²) in [5, 5.41) is 0. The van der Waals surface area contributed by atoms with Gasteiger partial charge >= 0.3 is 6.03 Å². The molecule has 1 saturated heterocycles. The quantitative estimate of drug-likeness (QED) is 0.804. The minimum absolute atomic E-state index is 0.137. The summed E-state index contributed by atoms with van der Waals surface area (Å²) < 4.78 is 0. The normalized spacial score (nSPS) is 19.7. The molecule has 2 amide bonds. The van der Waals surface area contributed by atoms with E-state index in [2.05, 4.69) is 11.9 Å². The molecular weight excluding hydrogens is 226 g/mol. The molecule has 0 bridgehead atoms. The van der Waals surface area contributed by atoms with Crippen molar-refractivity contribution < 1.29 is 4.79 Å². The molecule has 2 rings (SSSR count). The second-order valence-corrected chi connectivity index (χ2v) is 5.19. The number of aromatic nitrogens is 1. The van der Waals surface area contributed by atoms with Crippen LogP contribution in [0.4, 0.5) is 4.79 Å². The Morgan fingerprint density at radius 2 is 2.22 bits per heavy atom. The van der Waals surface area contributed by atoms with Gasteiger partial charge in [-0.05, 0) is 36.5 Å². The van der Waals surface area contributed by atoms with Gasteiger partial charge in [-0.25, -0.2) is 4.79 Å². The van der Waals surface area contributed by atoms with E-state index in [1.54, 1.807) is 17.3 Å². The fourth-order valence-corrected chi connectivity index (χ4v) is 2.43. The summed E-state index contributed by atoms with van der Waals surface area (Å²) in [7, 11) is 1.86. The van der Waals surface area contributed by atoms with E-state index < -0.39 is 0 Å². The lowest BCUT2D eigenvalue weighted by atomic mass is 10.0. The lowest BCUT2D eigenvalue weighted by Crippen LogP contribution is -2.45. The van der Waals surface area contributed by atoms with Gasteiger partial charge in [-0.1, -0.05) is 6.92 Å². The number of piperidine rings is 1. The Kier molecular flexibility index (Phi) is 4.18. The number of urea groups is 1. The molecular formula is C14H21N3O. The smallest absolute Gasteiger partial charge is 0.320 e. The average Bonchev–Trinajstić information content (AvgIpc) is 2.39. The van der Waals surface area contributed by atoms with Crippen LogP contribution in [0.1, 0.15) is 25.3 Å². The number of amides is 2. The number of carbonyl (C=O) groups excluding carboxylic acids is 1. The monoisotopic (exact) mass is 247 g/mol. The molecule has 1 unspecified atom stereocenters. The molecule has 1 atom stereocenters. The first kappa shape index (κ1) is 12.9. The summed E-state index contributed by atoms with van der Waals surface area (Å²) in [5.74, 6) is 0.622. The standard InChI is InChI=1S/C14H21N3O/c1-12-4-3-9-17(10-12)14(18)16(2)11-13-5-7-15-8-6-13/h5-8,12H,3-4,9-11H2,1-2H3. The molecule has 1 aliphatic heterocycles. The van der Waals surface area contributed by atoms with Crippen molar-refractivity contribution in [2.75, 3.05) is 20.1 Å². The SMILES string of the molecule is CC1CCCN(C(=O)N(C)Cc2ccncc2)C1. The third-order valence-electron chi connectivity index (χ3n) is 3.42. The molecule has 18 heavy (non-hydrogen) atoms. The molecule has 2 heterocycles. The Hall–Kier alpha value is -1.58. The van der Waals surface area contributed by atoms with Gasteiger partial charge in [-0.2, -0.15) is 0 Å². The second-order valence-electron chi connectivity index (χ2n) is 5.19. The van der Waals surface area contributed by atoms with E-state index in [0.29, 0.717) is 12.5 Å². The van der Waals surface area contributed by atoms with Gasteiger partial charge in [-0.15, -0.1) is 0 Å². The highest BCUT2D eigenvalue weighted by Gasteiger charge is 2.23. The Morgan fingerprint density at radius 1 is 1.50 bits per heavy atom. The van der Waals surface area contributed by atoms with Crippen LogP contribution in [0.25, 0.3) is 0 Å². The van der Waals surface area contributed by atoms with Gasteiger partial charge in [0.25, 0.3) is 0 Å². The number of hydrogen-bond acceptors (Lipinski definition) is 2. The largest absolute Gasteiger partial charge is 0.324 e. The molecule has 1 aromatic rings. The number of carbonyl (C=O) groups is 1. The molecule has 0 aromatic carbocycles. The van der Waals surface area contributed by atoms with Crippen LogP contribution < -0.4 is 0 Å². The number of hydrogen-bond donors (Lipinski definition) is 0. The van der Waals surface area contributed by atoms with Crippen molar-refractivity contribution in [2.24, 2.45) is 5.92 Å². The molecule has 0 N–H and O–H groups in total. The van der Waals surface area contributed by atoms with Crippen molar-refractivity contribution in [1.82, 2.24) is 14.8 Å². The Balaban J connectivity index is 1.92. The summed E-state index contributed by atoms with van der Waals surface area (Å²) in [4.78, 5) is 20.0. The van der Waals surface area contributed by atoms with E-state index in [4.69, 9.17) is 0 Å². The summed E-state index contributed by atoms with van der Waals surface area (Å²) >= 11 is 0. The van der Waals surface area contributed by atoms with Gasteiger partial charge in [0.1, 0.15) is 0 Å². The van der Waals surface area contributed by atoms with Crippen LogP contribution in [0.2, 0.25) is 0 Å². The second kappa shape index (κ2) is 5.85. The predicted molar refractivity (Wildman–Crippen MR) is 71.1 cm³/mol. The summed E-state index contributed by atoms with van der Waals surface area (Å²) in [6.45, 7) is 4.64. The minimum Gasteiger partial charge on any atom is -0.324 e. The summed E-state index contributed by atoms with van der Waals surface area (Å²) in [6, 6.07) is 4.03. The topological polar surface area (TPSA) is 36.4 Å². The van der Waals surface area contributed by atoms with Crippen LogP contribution in [-0.4, -0.2) is 41.0 Å². The third kappa shape index (κ3) is 3.22. The maximum atomic E-state index is 12.3. The number of nitrogens with zero attached hydrogens (tertiary/aromatic N) is 3. The van der Waals surface area contributed by atoms with Gasteiger partial charge in [0, 0.05) is 39.1 Å². The van der Waals surface area contributed by atoms with Crippen LogP contribution in [-0.2, 0) is 6.54 Å². The van der Waals surface area contributed by atoms with Gasteiger partial charge in [0.05, 0.1) is 0 Å². The van der Waals surface area contributed by atoms with E-state index in [1.807, 2.05) is 24.1 Å². The fraction of sp³-hybridized carbons (Fsp3) is 0.571. The van der Waals surface area contributed by atoms with E-state index in [9.17, 15) is 4.79 Å². The molecule has 98 valence electrons. The van der Waals surface area contributed by atoms with Gasteiger partial charge < -0.3 is 9.80 Å². The molecule has 4 nitrogen and oxygen atoms in total. The molecule has 1 aliphatic rings. The number of pyridine rings is 1. The zero-order valence-corrected chi connectivity index (χ0v) is 11.2. The zero-order valence-electron chi connectivity index (χ0n) is 11.2. The highest BCUT2D eigenvalue weighted by atomic mass is 16.2. The van der Waals surface area contributed by atoms with Crippen molar-refractivity contribution in [3.05, 3.63) is 30.1 Å². The zero-order chi connectivity index (χ0) is 13.0. The van der Waals surface area contributed by atoms with E-state index >= 15 is 0 Å². The molecule has 1 fully saturated rings. The third-order valence-corrected chi connectivity index (χ3v) is 3.42. The molecule has 0 spiro atoms. The van der Waals surface area contributed by atoms with Crippen molar-refractivity contribution in [3.63, 3.8) is 0 Å². The maximum absolute atomic E-state index is 12.3. The van der Waals surface area contributed by atoms with E-state index in [-0.39, 0.29) is 6.03 Å². The van der Waals surface area contributed by atoms with Crippen LogP contribution >= 0.6 is 0 Å². The Bertz CT molecular complexity index is 393. The molecule has 0 radical (unpaired) electrons. The first-order valence-electron chi connectivity index (χ1n) is 6.56. The summed E-state index contributed by atoms with van der Waals surface area (Å²) in [5.41, 5.74) is 1.12. The lowest BCUT2D eigenvalue weighted by Gasteiger charge is -2.34. The molecule has 0 saturated carbocycles. The lowest BCUT2D eigenvalue weighted by molar-refractivity contribution is 0.137. The van der Waals surface area contributed by atoms with E-state index in [0.717, 1.165) is 25.1 Å². The van der Waals surface area contributed by atoms with Gasteiger partial charge in [0.15, 0.2) is 0 Å². The van der Waals surface area contributed by atoms with Crippen LogP contribution in [0, 0.1) is 5.92 Å². The predicted octanol–water partition coefficient (Wildman–Crippen LogP) is 2.37. The van der Waals surface area contributed by atoms with Crippen molar-refractivity contribution in [2.45, 2.75) is 26.3 Å². The van der Waals surface area contributed by atoms with Crippen molar-refractivity contribution in [1.29, 1.82) is 0 Å². The highest BCUT2D eigenvalue weighted by molar-refractivity contribution is 5.74. The summed E-state index contributed by atoms with van der Waals surface area (Å²) in [6.07, 6.45) is 5.88. The highest BCUT2D eigenvalue weighted by Crippen LogP contribution is 2.17. The minimum atomic E-state index is 0.137. The number of likely N-dealkylation sites (tertiary alicyclic amines) is 1. The molecule has 4 heteroatoms. The molecule has 1 aromatic heterocycles. The van der Waals surface area contributed by atoms with Crippen molar-refractivity contribution >= 4 is 6.03 Å². The first-order valence-corrected chi connectivity index (χ1v) is 6.56. The van der Waals surface area contributed by atoms with Gasteiger partial charge in [0.2, 0.25) is 0 Å². The number of rotatable bonds is 2. The van der Waals surface area contributed by atoms with Crippen molar-refractivity contribution in [3.8, 4) is 0 Å². The Labute approximate surface area is 109 Å². The van der Waals surface area contributed by atoms with Crippen LogP contribution in [0.15, 0.2) is 24.5 Å². The fourth-order valence-electron chi connectivity index (χ4n) is 2.43. The first-order chi connectivity index (χ1) is 8.66. The van der Waals surface area contributed by atoms with Crippen LogP contribution in [0.3, 0.4) is 0 Å². The van der Waals surface area contributed by atoms with E-state index in [1.165, 1.54) is 6.42 Å². The molecule has 0 aliphatic carbocycles. The average molecular weight is 247 g/mol. The van der Waals surface area contributed by atoms with Gasteiger partial charge in [-0.3, -0.25) is 4.98 Å².